The molecule has 0 unspecified atom stereocenters. The summed E-state index contributed by atoms with van der Waals surface area (Å²) in [6, 6.07) is 4.59. The van der Waals surface area contributed by atoms with Gasteiger partial charge in [0.2, 0.25) is 0 Å². The molecule has 2 atom stereocenters. The van der Waals surface area contributed by atoms with Crippen LogP contribution in [-0.4, -0.2) is 65.4 Å². The maximum atomic E-state index is 13.9. The Labute approximate surface area is 229 Å². The number of ketones is 1. The molecule has 1 amide bonds. The maximum absolute atomic E-state index is 13.9. The van der Waals surface area contributed by atoms with Crippen LogP contribution in [0.4, 0.5) is 8.78 Å². The first-order valence-electron chi connectivity index (χ1n) is 14.3. The number of aliphatic hydroxyl groups excluding tert-OH is 1. The van der Waals surface area contributed by atoms with Crippen LogP contribution in [0.25, 0.3) is 0 Å². The highest BCUT2D eigenvalue weighted by molar-refractivity contribution is 6.44. The molecule has 7 nitrogen and oxygen atoms in total. The van der Waals surface area contributed by atoms with Crippen molar-refractivity contribution in [1.82, 2.24) is 10.2 Å². The van der Waals surface area contributed by atoms with Crippen molar-refractivity contribution in [3.05, 3.63) is 40.8 Å². The number of nitrogens with zero attached hydrogens (tertiary/aromatic N) is 1. The summed E-state index contributed by atoms with van der Waals surface area (Å²) in [7, 11) is 0. The van der Waals surface area contributed by atoms with Crippen molar-refractivity contribution in [2.24, 2.45) is 5.92 Å². The molecule has 0 bridgehead atoms. The van der Waals surface area contributed by atoms with Crippen LogP contribution in [0.15, 0.2) is 29.5 Å². The third-order valence-corrected chi connectivity index (χ3v) is 8.33. The summed E-state index contributed by atoms with van der Waals surface area (Å²) < 4.78 is 33.4. The third-order valence-electron chi connectivity index (χ3n) is 8.33. The number of likely N-dealkylation sites (tertiary alicyclic amines) is 1. The average molecular weight is 546 g/mol. The molecule has 1 saturated heterocycles. The van der Waals surface area contributed by atoms with Gasteiger partial charge in [-0.05, 0) is 101 Å². The fourth-order valence-corrected chi connectivity index (χ4v) is 5.86. The molecule has 1 aromatic carbocycles. The Bertz CT molecular complexity index is 1080. The van der Waals surface area contributed by atoms with Gasteiger partial charge in [0, 0.05) is 24.2 Å². The number of aliphatic hydroxyl groups is 1. The number of rotatable bonds is 10. The number of amides is 1. The van der Waals surface area contributed by atoms with Crippen molar-refractivity contribution >= 4 is 17.4 Å². The normalized spacial score (nSPS) is 25.8. The Kier molecular flexibility index (Phi) is 10.1. The van der Waals surface area contributed by atoms with Gasteiger partial charge in [-0.15, -0.1) is 0 Å². The molecular weight excluding hydrogens is 504 g/mol. The highest BCUT2D eigenvalue weighted by Gasteiger charge is 2.33. The molecule has 3 aliphatic rings. The molecule has 0 aromatic heterocycles. The van der Waals surface area contributed by atoms with E-state index in [2.05, 4.69) is 5.32 Å². The summed E-state index contributed by atoms with van der Waals surface area (Å²) in [5, 5.41) is 21.3. The van der Waals surface area contributed by atoms with Gasteiger partial charge in [0.25, 0.3) is 5.91 Å². The number of halogens is 2. The molecule has 9 heteroatoms. The van der Waals surface area contributed by atoms with Gasteiger partial charge < -0.3 is 20.1 Å². The Hall–Kier alpha value is -2.81. The molecule has 1 saturated carbocycles. The van der Waals surface area contributed by atoms with Gasteiger partial charge in [-0.1, -0.05) is 0 Å². The van der Waals surface area contributed by atoms with Crippen LogP contribution >= 0.6 is 0 Å². The number of ether oxygens (including phenoxy) is 1. The van der Waals surface area contributed by atoms with E-state index >= 15 is 0 Å². The number of Topliss-reactive ketones (excluding diaryl/α,β-unsaturated/α-hetero) is 1. The van der Waals surface area contributed by atoms with Crippen molar-refractivity contribution in [3.63, 3.8) is 0 Å². The lowest BCUT2D eigenvalue weighted by molar-refractivity contribution is -0.128. The third kappa shape index (κ3) is 7.87. The molecule has 0 spiro atoms. The topological polar surface area (TPSA) is 103 Å². The van der Waals surface area contributed by atoms with E-state index in [1.807, 2.05) is 6.92 Å². The van der Waals surface area contributed by atoms with Gasteiger partial charge >= 0.3 is 0 Å². The fraction of sp³-hybridized carbons (Fsp3) is 0.633. The molecule has 39 heavy (non-hydrogen) atoms. The van der Waals surface area contributed by atoms with E-state index in [1.54, 1.807) is 6.07 Å². The molecule has 3 N–H and O–H groups in total. The van der Waals surface area contributed by atoms with Crippen LogP contribution in [0, 0.1) is 24.1 Å². The summed E-state index contributed by atoms with van der Waals surface area (Å²) in [6.45, 7) is 2.05. The second-order valence-corrected chi connectivity index (χ2v) is 11.3. The summed E-state index contributed by atoms with van der Waals surface area (Å²) in [6.07, 6.45) is 5.90. The number of hydrogen-bond acceptors (Lipinski definition) is 6. The number of aryl methyl sites for hydroxylation is 1. The van der Waals surface area contributed by atoms with E-state index in [1.165, 1.54) is 17.0 Å². The number of hydrogen-bond donors (Lipinski definition) is 3. The highest BCUT2D eigenvalue weighted by atomic mass is 19.1. The van der Waals surface area contributed by atoms with Crippen LogP contribution < -0.4 is 10.1 Å². The summed E-state index contributed by atoms with van der Waals surface area (Å²) >= 11 is 0. The van der Waals surface area contributed by atoms with Gasteiger partial charge in [0.1, 0.15) is 23.5 Å². The smallest absolute Gasteiger partial charge is 0.272 e. The van der Waals surface area contributed by atoms with Crippen molar-refractivity contribution in [2.45, 2.75) is 95.9 Å². The first-order chi connectivity index (χ1) is 18.7. The lowest BCUT2D eigenvalue weighted by Gasteiger charge is -2.33. The molecule has 1 aromatic rings. The minimum absolute atomic E-state index is 0.107. The zero-order valence-electron chi connectivity index (χ0n) is 22.8. The largest absolute Gasteiger partial charge is 0.490 e. The van der Waals surface area contributed by atoms with Crippen molar-refractivity contribution in [1.29, 1.82) is 5.41 Å². The van der Waals surface area contributed by atoms with Gasteiger partial charge in [-0.2, -0.15) is 0 Å². The minimum atomic E-state index is -1.49. The SMILES string of the molecule is Cc1cc(F)ccc1OC1CCC(CCC(=O)CNC2=C(C(=N)C(=O)N3CC[C@H](O)[C@H](F)C3)CCCC2)CC1. The van der Waals surface area contributed by atoms with E-state index in [0.717, 1.165) is 62.0 Å². The second kappa shape index (κ2) is 13.5. The first kappa shape index (κ1) is 29.2. The number of nitrogens with one attached hydrogen (secondary N) is 2. The Morgan fingerprint density at radius 3 is 2.62 bits per heavy atom. The Morgan fingerprint density at radius 2 is 1.90 bits per heavy atom. The zero-order chi connectivity index (χ0) is 27.9. The predicted octanol–water partition coefficient (Wildman–Crippen LogP) is 4.79. The molecule has 2 fully saturated rings. The fourth-order valence-electron chi connectivity index (χ4n) is 5.86. The number of benzene rings is 1. The molecule has 214 valence electrons. The zero-order valence-corrected chi connectivity index (χ0v) is 22.8. The number of piperidine rings is 1. The quantitative estimate of drug-likeness (QED) is 0.367. The number of allylic oxidation sites excluding steroid dienone is 1. The van der Waals surface area contributed by atoms with Crippen LogP contribution in [0.1, 0.15) is 76.2 Å². The predicted molar refractivity (Wildman–Crippen MR) is 145 cm³/mol. The molecule has 0 radical (unpaired) electrons. The lowest BCUT2D eigenvalue weighted by atomic mass is 9.84. The van der Waals surface area contributed by atoms with Gasteiger partial charge in [-0.25, -0.2) is 8.78 Å². The van der Waals surface area contributed by atoms with Crippen LogP contribution in [-0.2, 0) is 9.59 Å². The van der Waals surface area contributed by atoms with Gasteiger partial charge in [0.05, 0.1) is 25.3 Å². The van der Waals surface area contributed by atoms with Crippen molar-refractivity contribution in [2.75, 3.05) is 19.6 Å². The van der Waals surface area contributed by atoms with Crippen LogP contribution in [0.2, 0.25) is 0 Å². The average Bonchev–Trinajstić information content (AvgIpc) is 2.94. The van der Waals surface area contributed by atoms with Crippen molar-refractivity contribution < 1.29 is 28.2 Å². The van der Waals surface area contributed by atoms with E-state index in [0.29, 0.717) is 30.8 Å². The first-order valence-corrected chi connectivity index (χ1v) is 14.3. The van der Waals surface area contributed by atoms with Crippen LogP contribution in [0.5, 0.6) is 5.75 Å². The van der Waals surface area contributed by atoms with Gasteiger partial charge in [-0.3, -0.25) is 15.0 Å². The summed E-state index contributed by atoms with van der Waals surface area (Å²) in [5.74, 6) is 0.534. The minimum Gasteiger partial charge on any atom is -0.490 e. The van der Waals surface area contributed by atoms with E-state index in [-0.39, 0.29) is 49.5 Å². The molecule has 4 rings (SSSR count). The standard InChI is InChI=1S/C30H41F2N3O4/c1-19-16-21(31)9-13-28(19)39-23-11-7-20(8-12-23)6-10-22(36)17-34-26-5-3-2-4-24(26)29(33)30(38)35-15-14-27(37)25(32)18-35/h9,13,16,20,23,25,27,33-34,37H,2-8,10-12,14-15,17-18H2,1H3/t20?,23?,25-,27+/m1/s1. The van der Waals surface area contributed by atoms with E-state index in [4.69, 9.17) is 10.1 Å². The lowest BCUT2D eigenvalue weighted by Crippen LogP contribution is -2.49. The highest BCUT2D eigenvalue weighted by Crippen LogP contribution is 2.32. The monoisotopic (exact) mass is 545 g/mol. The summed E-state index contributed by atoms with van der Waals surface area (Å²) in [5.41, 5.74) is 2.06. The Balaban J connectivity index is 1.21. The number of carbonyl (C=O) groups is 2. The Morgan fingerprint density at radius 1 is 1.15 bits per heavy atom. The van der Waals surface area contributed by atoms with Crippen molar-refractivity contribution in [3.8, 4) is 5.75 Å². The molecule has 2 aliphatic carbocycles. The number of carbonyl (C=O) groups excluding carboxylic acids is 2. The molecule has 1 heterocycles. The molecular formula is C30H41F2N3O4. The van der Waals surface area contributed by atoms with Gasteiger partial charge in [0.15, 0.2) is 5.78 Å². The van der Waals surface area contributed by atoms with E-state index in [9.17, 15) is 23.5 Å². The summed E-state index contributed by atoms with van der Waals surface area (Å²) in [4.78, 5) is 26.9. The van der Waals surface area contributed by atoms with Crippen LogP contribution in [0.3, 0.4) is 0 Å². The maximum Gasteiger partial charge on any atom is 0.272 e. The van der Waals surface area contributed by atoms with E-state index < -0.39 is 18.2 Å². The number of alkyl halides is 1. The second-order valence-electron chi connectivity index (χ2n) is 11.3. The molecule has 1 aliphatic heterocycles.